The highest BCUT2D eigenvalue weighted by atomic mass is 15.1. The van der Waals surface area contributed by atoms with Gasteiger partial charge >= 0.3 is 0 Å². The van der Waals surface area contributed by atoms with Gasteiger partial charge in [0.1, 0.15) is 11.6 Å². The third kappa shape index (κ3) is 4.31. The number of aromatic nitrogens is 2. The number of piperidine rings is 1. The normalized spacial score (nSPS) is 14.6. The number of anilines is 3. The van der Waals surface area contributed by atoms with Gasteiger partial charge in [0, 0.05) is 43.0 Å². The zero-order chi connectivity index (χ0) is 19.3. The van der Waals surface area contributed by atoms with E-state index in [-0.39, 0.29) is 0 Å². The van der Waals surface area contributed by atoms with Crippen molar-refractivity contribution in [3.05, 3.63) is 66.5 Å². The number of hydrogen-bond acceptors (Lipinski definition) is 5. The summed E-state index contributed by atoms with van der Waals surface area (Å²) in [7, 11) is 4.10. The molecule has 2 N–H and O–H groups in total. The minimum Gasteiger partial charge on any atom is -0.378 e. The molecule has 5 heteroatoms. The minimum absolute atomic E-state index is 0.401. The number of rotatable bonds is 5. The van der Waals surface area contributed by atoms with Crippen LogP contribution in [0.3, 0.4) is 0 Å². The molecule has 0 amide bonds. The second-order valence-electron chi connectivity index (χ2n) is 7.46. The maximum absolute atomic E-state index is 4.93. The van der Waals surface area contributed by atoms with Gasteiger partial charge in [-0.3, -0.25) is 0 Å². The van der Waals surface area contributed by atoms with E-state index in [9.17, 15) is 0 Å². The summed E-state index contributed by atoms with van der Waals surface area (Å²) in [5.41, 5.74) is 4.27. The molecular weight excluding hydrogens is 346 g/mol. The van der Waals surface area contributed by atoms with E-state index in [4.69, 9.17) is 9.97 Å². The summed E-state index contributed by atoms with van der Waals surface area (Å²) in [5.74, 6) is 2.19. The van der Waals surface area contributed by atoms with Crippen molar-refractivity contribution >= 4 is 17.2 Å². The second kappa shape index (κ2) is 8.40. The molecule has 0 spiro atoms. The molecule has 0 atom stereocenters. The summed E-state index contributed by atoms with van der Waals surface area (Å²) in [6.45, 7) is 2.05. The van der Waals surface area contributed by atoms with Gasteiger partial charge in [-0.05, 0) is 44.1 Å². The first-order valence-corrected chi connectivity index (χ1v) is 9.88. The summed E-state index contributed by atoms with van der Waals surface area (Å²) in [6, 6.07) is 20.7. The fourth-order valence-corrected chi connectivity index (χ4v) is 3.56. The maximum Gasteiger partial charge on any atom is 0.134 e. The van der Waals surface area contributed by atoms with Crippen LogP contribution in [0.25, 0.3) is 11.3 Å². The van der Waals surface area contributed by atoms with Gasteiger partial charge in [-0.1, -0.05) is 36.4 Å². The lowest BCUT2D eigenvalue weighted by atomic mass is 9.97. The van der Waals surface area contributed by atoms with E-state index in [2.05, 4.69) is 64.1 Å². The van der Waals surface area contributed by atoms with Gasteiger partial charge in [-0.15, -0.1) is 0 Å². The van der Waals surface area contributed by atoms with E-state index in [1.54, 1.807) is 0 Å². The molecule has 1 saturated heterocycles. The van der Waals surface area contributed by atoms with E-state index in [1.807, 2.05) is 26.2 Å². The van der Waals surface area contributed by atoms with Crippen molar-refractivity contribution < 1.29 is 0 Å². The predicted octanol–water partition coefficient (Wildman–Crippen LogP) is 4.42. The largest absolute Gasteiger partial charge is 0.378 e. The van der Waals surface area contributed by atoms with Crippen LogP contribution in [0.5, 0.6) is 0 Å². The molecule has 1 aliphatic rings. The molecule has 28 heavy (non-hydrogen) atoms. The summed E-state index contributed by atoms with van der Waals surface area (Å²) in [6.07, 6.45) is 2.15. The van der Waals surface area contributed by atoms with Crippen LogP contribution < -0.4 is 15.5 Å². The quantitative estimate of drug-likeness (QED) is 0.693. The lowest BCUT2D eigenvalue weighted by Crippen LogP contribution is -2.27. The van der Waals surface area contributed by atoms with Gasteiger partial charge in [0.05, 0.1) is 5.69 Å². The van der Waals surface area contributed by atoms with Crippen molar-refractivity contribution in [3.8, 4) is 11.3 Å². The van der Waals surface area contributed by atoms with E-state index in [0.717, 1.165) is 60.2 Å². The van der Waals surface area contributed by atoms with Crippen molar-refractivity contribution in [1.82, 2.24) is 15.3 Å². The third-order valence-corrected chi connectivity index (χ3v) is 5.15. The van der Waals surface area contributed by atoms with Crippen molar-refractivity contribution in [2.45, 2.75) is 18.8 Å². The maximum atomic E-state index is 4.93. The van der Waals surface area contributed by atoms with Crippen LogP contribution in [-0.2, 0) is 0 Å². The zero-order valence-corrected chi connectivity index (χ0v) is 16.5. The van der Waals surface area contributed by atoms with Crippen molar-refractivity contribution in [1.29, 1.82) is 0 Å². The first kappa shape index (κ1) is 18.4. The van der Waals surface area contributed by atoms with E-state index < -0.39 is 0 Å². The molecule has 1 aliphatic heterocycles. The molecule has 0 bridgehead atoms. The molecule has 2 heterocycles. The summed E-state index contributed by atoms with van der Waals surface area (Å²) < 4.78 is 0. The van der Waals surface area contributed by atoms with Crippen molar-refractivity contribution in [3.63, 3.8) is 0 Å². The number of benzene rings is 2. The van der Waals surface area contributed by atoms with Gasteiger partial charge in [0.2, 0.25) is 0 Å². The Bertz CT molecular complexity index is 917. The van der Waals surface area contributed by atoms with Crippen LogP contribution in [0.15, 0.2) is 60.7 Å². The molecule has 0 radical (unpaired) electrons. The molecular formula is C23H27N5. The summed E-state index contributed by atoms with van der Waals surface area (Å²) >= 11 is 0. The smallest absolute Gasteiger partial charge is 0.134 e. The Morgan fingerprint density at radius 3 is 2.46 bits per heavy atom. The van der Waals surface area contributed by atoms with E-state index in [0.29, 0.717) is 5.92 Å². The molecule has 144 valence electrons. The fourth-order valence-electron chi connectivity index (χ4n) is 3.56. The minimum atomic E-state index is 0.401. The molecule has 4 rings (SSSR count). The monoisotopic (exact) mass is 373 g/mol. The topological polar surface area (TPSA) is 53.1 Å². The van der Waals surface area contributed by atoms with Crippen LogP contribution in [-0.4, -0.2) is 37.2 Å². The van der Waals surface area contributed by atoms with Crippen LogP contribution >= 0.6 is 0 Å². The summed E-state index contributed by atoms with van der Waals surface area (Å²) in [4.78, 5) is 11.9. The van der Waals surface area contributed by atoms with E-state index in [1.165, 1.54) is 0 Å². The van der Waals surface area contributed by atoms with Gasteiger partial charge < -0.3 is 15.5 Å². The van der Waals surface area contributed by atoms with Crippen LogP contribution in [0, 0.1) is 0 Å². The second-order valence-corrected chi connectivity index (χ2v) is 7.46. The molecule has 5 nitrogen and oxygen atoms in total. The van der Waals surface area contributed by atoms with Crippen LogP contribution in [0.4, 0.5) is 17.2 Å². The van der Waals surface area contributed by atoms with Gasteiger partial charge in [0.25, 0.3) is 0 Å². The Balaban J connectivity index is 1.70. The summed E-state index contributed by atoms with van der Waals surface area (Å²) in [5, 5.41) is 6.92. The first-order valence-electron chi connectivity index (χ1n) is 9.88. The highest BCUT2D eigenvalue weighted by molar-refractivity contribution is 5.67. The molecule has 3 aromatic rings. The predicted molar refractivity (Wildman–Crippen MR) is 116 cm³/mol. The zero-order valence-electron chi connectivity index (χ0n) is 16.5. The fraction of sp³-hybridized carbons (Fsp3) is 0.304. The van der Waals surface area contributed by atoms with Gasteiger partial charge in [-0.2, -0.15) is 0 Å². The number of nitrogens with zero attached hydrogens (tertiary/aromatic N) is 3. The molecule has 0 unspecified atom stereocenters. The molecule has 2 aromatic carbocycles. The molecule has 0 aliphatic carbocycles. The third-order valence-electron chi connectivity index (χ3n) is 5.15. The first-order chi connectivity index (χ1) is 13.7. The Morgan fingerprint density at radius 1 is 0.929 bits per heavy atom. The number of nitrogens with one attached hydrogen (secondary N) is 2. The van der Waals surface area contributed by atoms with Gasteiger partial charge in [0.15, 0.2) is 0 Å². The molecule has 1 aromatic heterocycles. The van der Waals surface area contributed by atoms with Gasteiger partial charge in [-0.25, -0.2) is 9.97 Å². The lowest BCUT2D eigenvalue weighted by molar-refractivity contribution is 0.445. The lowest BCUT2D eigenvalue weighted by Gasteiger charge is -2.22. The Hall–Kier alpha value is -2.92. The van der Waals surface area contributed by atoms with Crippen LogP contribution in [0.2, 0.25) is 0 Å². The van der Waals surface area contributed by atoms with Crippen molar-refractivity contribution in [2.75, 3.05) is 37.4 Å². The standard InChI is InChI=1S/C23H27N5/c1-28(2)20-10-6-9-19(15-20)25-22-16-21(17-7-4-3-5-8-17)26-23(27-22)18-11-13-24-14-12-18/h3-10,15-16,18,24H,11-14H2,1-2H3,(H,25,26,27). The average Bonchev–Trinajstić information content (AvgIpc) is 2.75. The van der Waals surface area contributed by atoms with Crippen molar-refractivity contribution in [2.24, 2.45) is 0 Å². The number of hydrogen-bond donors (Lipinski definition) is 2. The SMILES string of the molecule is CN(C)c1cccc(Nc2cc(-c3ccccc3)nc(C3CCNCC3)n2)c1. The highest BCUT2D eigenvalue weighted by Crippen LogP contribution is 2.29. The molecule has 0 saturated carbocycles. The van der Waals surface area contributed by atoms with Crippen LogP contribution in [0.1, 0.15) is 24.6 Å². The Morgan fingerprint density at radius 2 is 1.71 bits per heavy atom. The van der Waals surface area contributed by atoms with E-state index >= 15 is 0 Å². The Kier molecular flexibility index (Phi) is 5.53. The Labute approximate surface area is 166 Å². The highest BCUT2D eigenvalue weighted by Gasteiger charge is 2.19. The molecule has 1 fully saturated rings. The average molecular weight is 374 g/mol.